The molecule has 0 aromatic carbocycles. The smallest absolute Gasteiger partial charge is 0.378 e. The lowest BCUT2D eigenvalue weighted by Crippen LogP contribution is -2.11. The highest BCUT2D eigenvalue weighted by molar-refractivity contribution is 6.00. The van der Waals surface area contributed by atoms with Crippen LogP contribution >= 0.6 is 0 Å². The Morgan fingerprint density at radius 3 is 2.29 bits per heavy atom. The van der Waals surface area contributed by atoms with E-state index >= 15 is 0 Å². The van der Waals surface area contributed by atoms with E-state index in [-0.39, 0.29) is 11.3 Å². The van der Waals surface area contributed by atoms with Crippen molar-refractivity contribution in [2.45, 2.75) is 13.8 Å². The van der Waals surface area contributed by atoms with Crippen LogP contribution in [0, 0.1) is 10.1 Å². The van der Waals surface area contributed by atoms with Gasteiger partial charge in [0, 0.05) is 6.07 Å². The van der Waals surface area contributed by atoms with Crippen molar-refractivity contribution in [3.8, 4) is 0 Å². The largest absolute Gasteiger partial charge is 0.463 e. The first-order valence-corrected chi connectivity index (χ1v) is 4.73. The van der Waals surface area contributed by atoms with E-state index in [1.54, 1.807) is 0 Å². The number of esters is 1. The second kappa shape index (κ2) is 6.26. The van der Waals surface area contributed by atoms with Gasteiger partial charge < -0.3 is 20.6 Å². The van der Waals surface area contributed by atoms with E-state index in [1.165, 1.54) is 0 Å². The van der Waals surface area contributed by atoms with Crippen LogP contribution < -0.4 is 5.73 Å². The predicted molar refractivity (Wildman–Crippen MR) is 58.7 cm³/mol. The highest BCUT2D eigenvalue weighted by Crippen LogP contribution is 2.18. The summed E-state index contributed by atoms with van der Waals surface area (Å²) in [4.78, 5) is 33.6. The van der Waals surface area contributed by atoms with Gasteiger partial charge in [0.05, 0.1) is 7.11 Å². The first kappa shape index (κ1) is 14.6. The predicted octanol–water partition coefficient (Wildman–Crippen LogP) is 0.835. The average Bonchev–Trinajstić information content (AvgIpc) is 2.75. The van der Waals surface area contributed by atoms with Gasteiger partial charge in [-0.25, -0.2) is 9.78 Å². The van der Waals surface area contributed by atoms with Crippen LogP contribution in [0.15, 0.2) is 6.07 Å². The molecule has 0 atom stereocenters. The van der Waals surface area contributed by atoms with Crippen molar-refractivity contribution < 1.29 is 19.2 Å². The SMILES string of the molecule is CC.COC(=O)c1cc(C(N)=O)c([N+](=O)[O-])[nH]1. The number of rotatable bonds is 3. The van der Waals surface area contributed by atoms with Crippen molar-refractivity contribution in [3.05, 3.63) is 27.4 Å². The summed E-state index contributed by atoms with van der Waals surface area (Å²) in [6.07, 6.45) is 0. The van der Waals surface area contributed by atoms with Crippen molar-refractivity contribution in [1.82, 2.24) is 4.98 Å². The summed E-state index contributed by atoms with van der Waals surface area (Å²) in [5.74, 6) is -2.43. The maximum atomic E-state index is 11.0. The molecule has 0 aliphatic rings. The third kappa shape index (κ3) is 3.30. The summed E-state index contributed by atoms with van der Waals surface area (Å²) in [7, 11) is 1.11. The molecule has 1 heterocycles. The summed E-state index contributed by atoms with van der Waals surface area (Å²) in [5.41, 5.74) is 4.33. The van der Waals surface area contributed by atoms with Crippen LogP contribution in [0.3, 0.4) is 0 Å². The van der Waals surface area contributed by atoms with Crippen molar-refractivity contribution in [1.29, 1.82) is 0 Å². The molecular weight excluding hydrogens is 230 g/mol. The number of nitrogens with zero attached hydrogens (tertiary/aromatic N) is 1. The summed E-state index contributed by atoms with van der Waals surface area (Å²) in [6.45, 7) is 4.00. The van der Waals surface area contributed by atoms with E-state index in [2.05, 4.69) is 9.72 Å². The standard InChI is InChI=1S/C7H7N3O5.C2H6/c1-15-7(12)4-2-3(5(8)11)6(9-4)10(13)14;1-2/h2,9H,1H3,(H2,8,11);1-2H3. The number of methoxy groups -OCH3 is 1. The number of nitro groups is 1. The van der Waals surface area contributed by atoms with Crippen LogP contribution in [0.4, 0.5) is 5.82 Å². The van der Waals surface area contributed by atoms with Gasteiger partial charge in [-0.05, 0) is 4.92 Å². The summed E-state index contributed by atoms with van der Waals surface area (Å²) in [5, 5.41) is 10.5. The summed E-state index contributed by atoms with van der Waals surface area (Å²) >= 11 is 0. The third-order valence-electron chi connectivity index (χ3n) is 1.65. The minimum absolute atomic E-state index is 0.196. The number of H-pyrrole nitrogens is 1. The van der Waals surface area contributed by atoms with E-state index in [0.717, 1.165) is 13.2 Å². The molecule has 0 fully saturated rings. The molecule has 17 heavy (non-hydrogen) atoms. The van der Waals surface area contributed by atoms with Gasteiger partial charge in [-0.15, -0.1) is 0 Å². The fourth-order valence-corrected chi connectivity index (χ4v) is 0.995. The molecule has 0 bridgehead atoms. The molecule has 0 saturated carbocycles. The van der Waals surface area contributed by atoms with Crippen molar-refractivity contribution >= 4 is 17.7 Å². The molecule has 0 radical (unpaired) electrons. The molecule has 0 saturated heterocycles. The molecule has 1 amide bonds. The van der Waals surface area contributed by atoms with Gasteiger partial charge >= 0.3 is 11.8 Å². The minimum Gasteiger partial charge on any atom is -0.463 e. The maximum absolute atomic E-state index is 11.0. The van der Waals surface area contributed by atoms with E-state index in [1.807, 2.05) is 13.8 Å². The number of ether oxygens (including phenoxy) is 1. The normalized spacial score (nSPS) is 8.88. The molecule has 0 unspecified atom stereocenters. The number of aromatic amines is 1. The zero-order chi connectivity index (χ0) is 13.6. The second-order valence-electron chi connectivity index (χ2n) is 2.56. The van der Waals surface area contributed by atoms with Crippen LogP contribution in [-0.4, -0.2) is 28.9 Å². The molecule has 94 valence electrons. The highest BCUT2D eigenvalue weighted by Gasteiger charge is 2.25. The Morgan fingerprint density at radius 1 is 1.47 bits per heavy atom. The maximum Gasteiger partial charge on any atom is 0.378 e. The number of carbonyl (C=O) groups excluding carboxylic acids is 2. The van der Waals surface area contributed by atoms with Gasteiger partial charge in [-0.2, -0.15) is 0 Å². The summed E-state index contributed by atoms with van der Waals surface area (Å²) in [6, 6.07) is 0.978. The van der Waals surface area contributed by atoms with Crippen molar-refractivity contribution in [2.75, 3.05) is 7.11 Å². The van der Waals surface area contributed by atoms with Crippen molar-refractivity contribution in [3.63, 3.8) is 0 Å². The fraction of sp³-hybridized carbons (Fsp3) is 0.333. The molecule has 3 N–H and O–H groups in total. The highest BCUT2D eigenvalue weighted by atomic mass is 16.6. The van der Waals surface area contributed by atoms with Gasteiger partial charge in [0.25, 0.3) is 5.91 Å². The Balaban J connectivity index is 0.00000121. The monoisotopic (exact) mass is 243 g/mol. The Bertz CT molecular complexity index is 406. The zero-order valence-electron chi connectivity index (χ0n) is 9.64. The number of primary amides is 1. The number of amides is 1. The molecule has 1 aromatic rings. The van der Waals surface area contributed by atoms with Gasteiger partial charge in [0.15, 0.2) is 0 Å². The number of carbonyl (C=O) groups is 2. The zero-order valence-corrected chi connectivity index (χ0v) is 9.64. The van der Waals surface area contributed by atoms with Gasteiger partial charge in [-0.1, -0.05) is 13.8 Å². The Hall–Kier alpha value is -2.38. The van der Waals surface area contributed by atoms with Gasteiger partial charge in [0.2, 0.25) is 5.69 Å². The number of hydrogen-bond acceptors (Lipinski definition) is 5. The topological polar surface area (TPSA) is 128 Å². The first-order chi connectivity index (χ1) is 7.97. The van der Waals surface area contributed by atoms with E-state index < -0.39 is 22.6 Å². The lowest BCUT2D eigenvalue weighted by molar-refractivity contribution is -0.389. The third-order valence-corrected chi connectivity index (χ3v) is 1.65. The van der Waals surface area contributed by atoms with Crippen LogP contribution in [0.2, 0.25) is 0 Å². The first-order valence-electron chi connectivity index (χ1n) is 4.73. The average molecular weight is 243 g/mol. The number of aromatic nitrogens is 1. The molecule has 0 spiro atoms. The molecular formula is C9H13N3O5. The van der Waals surface area contributed by atoms with Gasteiger partial charge in [-0.3, -0.25) is 4.79 Å². The number of hydrogen-bond donors (Lipinski definition) is 2. The van der Waals surface area contributed by atoms with Crippen LogP contribution in [-0.2, 0) is 4.74 Å². The second-order valence-corrected chi connectivity index (χ2v) is 2.56. The lowest BCUT2D eigenvalue weighted by Gasteiger charge is -1.92. The molecule has 8 heteroatoms. The Kier molecular flexibility index (Phi) is 5.38. The van der Waals surface area contributed by atoms with Crippen LogP contribution in [0.1, 0.15) is 34.7 Å². The molecule has 1 rings (SSSR count). The molecule has 0 aliphatic carbocycles. The van der Waals surface area contributed by atoms with Gasteiger partial charge in [0.1, 0.15) is 5.56 Å². The minimum atomic E-state index is -0.992. The van der Waals surface area contributed by atoms with Crippen LogP contribution in [0.5, 0.6) is 0 Å². The lowest BCUT2D eigenvalue weighted by atomic mass is 10.3. The molecule has 8 nitrogen and oxygen atoms in total. The quantitative estimate of drug-likeness (QED) is 0.461. The number of nitrogens with two attached hydrogens (primary N) is 1. The van der Waals surface area contributed by atoms with E-state index in [9.17, 15) is 19.7 Å². The summed E-state index contributed by atoms with van der Waals surface area (Å²) < 4.78 is 4.32. The van der Waals surface area contributed by atoms with Crippen LogP contribution in [0.25, 0.3) is 0 Å². The molecule has 1 aromatic heterocycles. The molecule has 0 aliphatic heterocycles. The Labute approximate surface area is 96.9 Å². The fourth-order valence-electron chi connectivity index (χ4n) is 0.995. The van der Waals surface area contributed by atoms with E-state index in [0.29, 0.717) is 0 Å². The van der Waals surface area contributed by atoms with Crippen molar-refractivity contribution in [2.24, 2.45) is 5.73 Å². The van der Waals surface area contributed by atoms with E-state index in [4.69, 9.17) is 5.73 Å². The Morgan fingerprint density at radius 2 is 2.00 bits per heavy atom. The number of nitrogens with one attached hydrogen (secondary N) is 1.